The SMILES string of the molecule is CCCCc1nc2ccc(C)cc2c(CO)c1Cc1ccc(-c2ccccc2-c2nnn(C(c3ccccc3)(c3ccccc3)c3ccccc3)n2)cc1. The van der Waals surface area contributed by atoms with E-state index in [9.17, 15) is 5.11 Å². The lowest BCUT2D eigenvalue weighted by molar-refractivity contribution is 0.282. The monoisotopic (exact) mass is 705 g/mol. The first-order valence-electron chi connectivity index (χ1n) is 18.8. The molecule has 6 nitrogen and oxygen atoms in total. The predicted molar refractivity (Wildman–Crippen MR) is 217 cm³/mol. The van der Waals surface area contributed by atoms with Crippen LogP contribution in [0.1, 0.15) is 64.4 Å². The third-order valence-electron chi connectivity index (χ3n) is 10.5. The third kappa shape index (κ3) is 6.50. The van der Waals surface area contributed by atoms with Gasteiger partial charge in [0, 0.05) is 16.6 Å². The average molecular weight is 706 g/mol. The van der Waals surface area contributed by atoms with Gasteiger partial charge in [0.1, 0.15) is 0 Å². The van der Waals surface area contributed by atoms with Gasteiger partial charge in [0.05, 0.1) is 12.1 Å². The highest BCUT2D eigenvalue weighted by Crippen LogP contribution is 2.40. The Morgan fingerprint density at radius 2 is 1.24 bits per heavy atom. The number of nitrogens with zero attached hydrogens (tertiary/aromatic N) is 5. The molecule has 0 amide bonds. The van der Waals surface area contributed by atoms with Crippen LogP contribution in [0, 0.1) is 6.92 Å². The van der Waals surface area contributed by atoms with Gasteiger partial charge < -0.3 is 5.11 Å². The van der Waals surface area contributed by atoms with Crippen molar-refractivity contribution in [2.75, 3.05) is 0 Å². The fourth-order valence-electron chi connectivity index (χ4n) is 7.76. The molecule has 8 rings (SSSR count). The normalized spacial score (nSPS) is 11.6. The topological polar surface area (TPSA) is 76.7 Å². The molecule has 1 N–H and O–H groups in total. The summed E-state index contributed by atoms with van der Waals surface area (Å²) in [7, 11) is 0. The van der Waals surface area contributed by atoms with Crippen LogP contribution in [-0.4, -0.2) is 30.3 Å². The Kier molecular flexibility index (Phi) is 9.93. The Hall–Kier alpha value is -6.24. The highest BCUT2D eigenvalue weighted by molar-refractivity contribution is 5.85. The lowest BCUT2D eigenvalue weighted by Gasteiger charge is -2.34. The van der Waals surface area contributed by atoms with E-state index in [0.717, 1.165) is 85.9 Å². The maximum Gasteiger partial charge on any atom is 0.205 e. The maximum absolute atomic E-state index is 10.7. The molecule has 6 heteroatoms. The lowest BCUT2D eigenvalue weighted by Crippen LogP contribution is -2.39. The molecule has 2 heterocycles. The molecule has 0 fully saturated rings. The van der Waals surface area contributed by atoms with Crippen molar-refractivity contribution < 1.29 is 5.11 Å². The zero-order valence-electron chi connectivity index (χ0n) is 30.7. The van der Waals surface area contributed by atoms with E-state index in [1.165, 1.54) is 5.56 Å². The minimum atomic E-state index is -0.856. The molecule has 0 unspecified atom stereocenters. The average Bonchev–Trinajstić information content (AvgIpc) is 3.72. The van der Waals surface area contributed by atoms with Gasteiger partial charge >= 0.3 is 0 Å². The van der Waals surface area contributed by atoms with Gasteiger partial charge in [0.25, 0.3) is 0 Å². The summed E-state index contributed by atoms with van der Waals surface area (Å²) in [5.74, 6) is 0.549. The zero-order chi connectivity index (χ0) is 36.9. The van der Waals surface area contributed by atoms with Gasteiger partial charge in [-0.1, -0.05) is 165 Å². The number of benzene rings is 6. The van der Waals surface area contributed by atoms with Gasteiger partial charge in [0.15, 0.2) is 5.54 Å². The molecule has 0 aliphatic heterocycles. The van der Waals surface area contributed by atoms with Crippen LogP contribution in [0.5, 0.6) is 0 Å². The minimum Gasteiger partial charge on any atom is -0.392 e. The molecule has 54 heavy (non-hydrogen) atoms. The summed E-state index contributed by atoms with van der Waals surface area (Å²) < 4.78 is 0. The molecular weight excluding hydrogens is 663 g/mol. The number of aromatic nitrogens is 5. The molecule has 2 aromatic heterocycles. The van der Waals surface area contributed by atoms with Gasteiger partial charge in [-0.15, -0.1) is 15.0 Å². The second-order valence-corrected chi connectivity index (χ2v) is 13.9. The number of hydrogen-bond acceptors (Lipinski definition) is 5. The quantitative estimate of drug-likeness (QED) is 0.128. The van der Waals surface area contributed by atoms with Crippen LogP contribution < -0.4 is 0 Å². The van der Waals surface area contributed by atoms with Crippen LogP contribution in [0.2, 0.25) is 0 Å². The number of pyridine rings is 1. The largest absolute Gasteiger partial charge is 0.392 e. The highest BCUT2D eigenvalue weighted by Gasteiger charge is 2.41. The summed E-state index contributed by atoms with van der Waals surface area (Å²) in [6.07, 6.45) is 3.73. The summed E-state index contributed by atoms with van der Waals surface area (Å²) in [5, 5.41) is 26.4. The number of fused-ring (bicyclic) bond motifs is 1. The molecule has 8 aromatic rings. The maximum atomic E-state index is 10.7. The summed E-state index contributed by atoms with van der Waals surface area (Å²) in [4.78, 5) is 6.89. The van der Waals surface area contributed by atoms with E-state index >= 15 is 0 Å². The Bertz CT molecular complexity index is 2400. The van der Waals surface area contributed by atoms with E-state index in [2.05, 4.69) is 147 Å². The molecule has 0 aliphatic rings. The second-order valence-electron chi connectivity index (χ2n) is 13.9. The molecule has 0 saturated carbocycles. The molecule has 266 valence electrons. The summed E-state index contributed by atoms with van der Waals surface area (Å²) >= 11 is 0. The minimum absolute atomic E-state index is 0.0177. The second kappa shape index (κ2) is 15.4. The van der Waals surface area contributed by atoms with E-state index in [4.69, 9.17) is 20.4 Å². The Morgan fingerprint density at radius 3 is 1.83 bits per heavy atom. The molecule has 0 radical (unpaired) electrons. The van der Waals surface area contributed by atoms with E-state index < -0.39 is 5.54 Å². The predicted octanol–water partition coefficient (Wildman–Crippen LogP) is 10.1. The van der Waals surface area contributed by atoms with E-state index in [-0.39, 0.29) is 6.61 Å². The Morgan fingerprint density at radius 1 is 0.648 bits per heavy atom. The number of rotatable bonds is 12. The molecule has 0 spiro atoms. The lowest BCUT2D eigenvalue weighted by atomic mass is 9.77. The standard InChI is InChI=1S/C48H43N5O/c1-3-4-24-45-43(44(33-54)42-31-34(2)25-30-46(42)49-45)32-35-26-28-36(29-27-35)40-22-14-15-23-41(40)47-50-52-53(51-47)48(37-16-8-5-9-17-37,38-18-10-6-11-19-38)39-20-12-7-13-21-39/h5-23,25-31,54H,3-4,24,32-33H2,1-2H3. The summed E-state index contributed by atoms with van der Waals surface area (Å²) in [5.41, 5.74) is 11.7. The molecule has 0 aliphatic carbocycles. The summed E-state index contributed by atoms with van der Waals surface area (Å²) in [6, 6.07) is 54.5. The Labute approximate surface area is 316 Å². The number of tetrazole rings is 1. The van der Waals surface area contributed by atoms with Crippen molar-refractivity contribution >= 4 is 10.9 Å². The first-order chi connectivity index (χ1) is 26.6. The van der Waals surface area contributed by atoms with Gasteiger partial charge in [-0.2, -0.15) is 0 Å². The van der Waals surface area contributed by atoms with Crippen molar-refractivity contribution in [2.45, 2.75) is 51.7 Å². The molecule has 0 atom stereocenters. The van der Waals surface area contributed by atoms with Gasteiger partial charge in [0.2, 0.25) is 5.82 Å². The van der Waals surface area contributed by atoms with Crippen molar-refractivity contribution in [1.82, 2.24) is 25.2 Å². The van der Waals surface area contributed by atoms with Crippen molar-refractivity contribution in [1.29, 1.82) is 0 Å². The van der Waals surface area contributed by atoms with Crippen LogP contribution in [-0.2, 0) is 25.0 Å². The van der Waals surface area contributed by atoms with Gasteiger partial charge in [-0.25, -0.2) is 0 Å². The van der Waals surface area contributed by atoms with Crippen LogP contribution >= 0.6 is 0 Å². The fourth-order valence-corrected chi connectivity index (χ4v) is 7.76. The van der Waals surface area contributed by atoms with Gasteiger partial charge in [-0.3, -0.25) is 4.98 Å². The van der Waals surface area contributed by atoms with Crippen LogP contribution in [0.15, 0.2) is 158 Å². The van der Waals surface area contributed by atoms with Crippen LogP contribution in [0.25, 0.3) is 33.4 Å². The number of aryl methyl sites for hydroxylation is 2. The first-order valence-corrected chi connectivity index (χ1v) is 18.8. The molecular formula is C48H43N5O. The highest BCUT2D eigenvalue weighted by atomic mass is 16.3. The number of unbranched alkanes of at least 4 members (excludes halogenated alkanes) is 1. The number of aliphatic hydroxyl groups excluding tert-OH is 1. The van der Waals surface area contributed by atoms with Crippen LogP contribution in [0.3, 0.4) is 0 Å². The summed E-state index contributed by atoms with van der Waals surface area (Å²) in [6.45, 7) is 4.27. The first kappa shape index (κ1) is 34.8. The van der Waals surface area contributed by atoms with E-state index in [0.29, 0.717) is 12.2 Å². The molecule has 0 bridgehead atoms. The van der Waals surface area contributed by atoms with Crippen molar-refractivity contribution in [3.8, 4) is 22.5 Å². The van der Waals surface area contributed by atoms with Crippen molar-refractivity contribution in [3.63, 3.8) is 0 Å². The van der Waals surface area contributed by atoms with Crippen molar-refractivity contribution in [2.24, 2.45) is 0 Å². The zero-order valence-corrected chi connectivity index (χ0v) is 30.7. The van der Waals surface area contributed by atoms with Gasteiger partial charge in [-0.05, 0) is 88.0 Å². The molecule has 6 aromatic carbocycles. The van der Waals surface area contributed by atoms with Crippen LogP contribution in [0.4, 0.5) is 0 Å². The number of hydrogen-bond donors (Lipinski definition) is 1. The van der Waals surface area contributed by atoms with E-state index in [1.807, 2.05) is 24.3 Å². The van der Waals surface area contributed by atoms with E-state index in [1.54, 1.807) is 4.80 Å². The smallest absolute Gasteiger partial charge is 0.205 e. The Balaban J connectivity index is 1.18. The number of aliphatic hydroxyl groups is 1. The third-order valence-corrected chi connectivity index (χ3v) is 10.5. The fraction of sp³-hybridized carbons (Fsp3) is 0.167. The van der Waals surface area contributed by atoms with Crippen molar-refractivity contribution in [3.05, 3.63) is 202 Å². The molecule has 0 saturated heterocycles.